The number of thiophene rings is 1. The lowest BCUT2D eigenvalue weighted by Gasteiger charge is -2.22. The molecule has 2 aromatic rings. The van der Waals surface area contributed by atoms with Gasteiger partial charge in [0.1, 0.15) is 4.21 Å². The first kappa shape index (κ1) is 18.9. The summed E-state index contributed by atoms with van der Waals surface area (Å²) in [4.78, 5) is 14.5. The number of amides is 1. The molecule has 0 unspecified atom stereocenters. The summed E-state index contributed by atoms with van der Waals surface area (Å²) in [6.45, 7) is 3.75. The second-order valence-electron chi connectivity index (χ2n) is 6.69. The molecule has 1 N–H and O–H groups in total. The molecule has 1 aromatic heterocycles. The number of sulfonamides is 1. The van der Waals surface area contributed by atoms with Gasteiger partial charge in [-0.05, 0) is 54.3 Å². The van der Waals surface area contributed by atoms with Crippen LogP contribution in [-0.2, 0) is 21.2 Å². The van der Waals surface area contributed by atoms with Crippen LogP contribution in [0, 0.1) is 5.92 Å². The van der Waals surface area contributed by atoms with E-state index in [9.17, 15) is 13.2 Å². The van der Waals surface area contributed by atoms with Crippen molar-refractivity contribution in [2.75, 3.05) is 17.8 Å². The second kappa shape index (κ2) is 8.22. The fourth-order valence-corrected chi connectivity index (χ4v) is 4.85. The average Bonchev–Trinajstić information content (AvgIpc) is 3.23. The van der Waals surface area contributed by atoms with Crippen molar-refractivity contribution in [1.82, 2.24) is 4.90 Å². The fourth-order valence-electron chi connectivity index (χ4n) is 2.80. The van der Waals surface area contributed by atoms with Crippen LogP contribution >= 0.6 is 11.3 Å². The molecule has 1 aliphatic carbocycles. The minimum atomic E-state index is -3.54. The predicted molar refractivity (Wildman–Crippen MR) is 105 cm³/mol. The monoisotopic (exact) mass is 392 g/mol. The number of hydrogen-bond donors (Lipinski definition) is 1. The predicted octanol–water partition coefficient (Wildman–Crippen LogP) is 3.74. The van der Waals surface area contributed by atoms with Gasteiger partial charge in [-0.1, -0.05) is 25.1 Å². The van der Waals surface area contributed by atoms with Gasteiger partial charge in [-0.2, -0.15) is 0 Å². The van der Waals surface area contributed by atoms with Crippen molar-refractivity contribution in [2.24, 2.45) is 5.92 Å². The first-order valence-electron chi connectivity index (χ1n) is 8.91. The third-order valence-electron chi connectivity index (χ3n) is 4.34. The summed E-state index contributed by atoms with van der Waals surface area (Å²) < 4.78 is 27.3. The molecule has 1 saturated carbocycles. The van der Waals surface area contributed by atoms with Gasteiger partial charge >= 0.3 is 0 Å². The molecular formula is C19H24N2O3S2. The molecule has 3 rings (SSSR count). The Morgan fingerprint density at radius 2 is 1.96 bits per heavy atom. The average molecular weight is 393 g/mol. The molecule has 7 heteroatoms. The van der Waals surface area contributed by atoms with Crippen LogP contribution in [0.15, 0.2) is 46.0 Å². The minimum Gasteiger partial charge on any atom is -0.342 e. The Morgan fingerprint density at radius 3 is 2.54 bits per heavy atom. The van der Waals surface area contributed by atoms with Crippen LogP contribution in [-0.4, -0.2) is 32.3 Å². The van der Waals surface area contributed by atoms with Crippen LogP contribution in [0.4, 0.5) is 5.69 Å². The van der Waals surface area contributed by atoms with E-state index in [0.717, 1.165) is 25.1 Å². The van der Waals surface area contributed by atoms with Crippen molar-refractivity contribution in [3.05, 3.63) is 47.3 Å². The number of nitrogens with zero attached hydrogens (tertiary/aromatic N) is 1. The summed E-state index contributed by atoms with van der Waals surface area (Å²) in [5.41, 5.74) is 1.39. The normalized spacial score (nSPS) is 14.2. The van der Waals surface area contributed by atoms with E-state index in [-0.39, 0.29) is 10.1 Å². The van der Waals surface area contributed by atoms with Gasteiger partial charge < -0.3 is 4.90 Å². The summed E-state index contributed by atoms with van der Waals surface area (Å²) in [7, 11) is -3.54. The summed E-state index contributed by atoms with van der Waals surface area (Å²) in [5, 5.41) is 1.73. The Morgan fingerprint density at radius 1 is 1.23 bits per heavy atom. The fraction of sp³-hybridized carbons (Fsp3) is 0.421. The van der Waals surface area contributed by atoms with Crippen molar-refractivity contribution in [3.8, 4) is 0 Å². The van der Waals surface area contributed by atoms with E-state index in [0.29, 0.717) is 18.0 Å². The van der Waals surface area contributed by atoms with E-state index in [1.54, 1.807) is 29.6 Å². The van der Waals surface area contributed by atoms with Crippen LogP contribution < -0.4 is 4.72 Å². The molecular weight excluding hydrogens is 368 g/mol. The van der Waals surface area contributed by atoms with Gasteiger partial charge in [0, 0.05) is 18.8 Å². The van der Waals surface area contributed by atoms with Crippen LogP contribution in [0.1, 0.15) is 31.7 Å². The van der Waals surface area contributed by atoms with Gasteiger partial charge in [0.15, 0.2) is 0 Å². The molecule has 1 aliphatic rings. The number of carbonyl (C=O) groups excluding carboxylic acids is 1. The van der Waals surface area contributed by atoms with Crippen LogP contribution in [0.3, 0.4) is 0 Å². The topological polar surface area (TPSA) is 66.5 Å². The lowest BCUT2D eigenvalue weighted by atomic mass is 10.1. The molecule has 0 aliphatic heterocycles. The van der Waals surface area contributed by atoms with Gasteiger partial charge in [-0.25, -0.2) is 8.42 Å². The maximum Gasteiger partial charge on any atom is 0.271 e. The van der Waals surface area contributed by atoms with Gasteiger partial charge in [0.05, 0.1) is 6.42 Å². The number of benzene rings is 1. The zero-order valence-electron chi connectivity index (χ0n) is 14.8. The summed E-state index contributed by atoms with van der Waals surface area (Å²) in [6.07, 6.45) is 3.77. The zero-order valence-corrected chi connectivity index (χ0v) is 16.5. The molecule has 0 atom stereocenters. The maximum absolute atomic E-state index is 12.6. The molecule has 1 heterocycles. The Hall–Kier alpha value is -1.86. The molecule has 1 amide bonds. The van der Waals surface area contributed by atoms with Crippen molar-refractivity contribution >= 4 is 33.0 Å². The molecule has 0 spiro atoms. The Labute approximate surface area is 159 Å². The standard InChI is InChI=1S/C19H24N2O3S2/c1-2-11-21(14-16-5-6-16)18(22)13-15-7-9-17(10-8-15)20-26(23,24)19-4-3-12-25-19/h3-4,7-10,12,16,20H,2,5-6,11,13-14H2,1H3. The van der Waals surface area contributed by atoms with Crippen molar-refractivity contribution in [3.63, 3.8) is 0 Å². The maximum atomic E-state index is 12.6. The quantitative estimate of drug-likeness (QED) is 0.707. The molecule has 1 fully saturated rings. The first-order chi connectivity index (χ1) is 12.5. The van der Waals surface area contributed by atoms with Gasteiger partial charge in [-0.3, -0.25) is 9.52 Å². The van der Waals surface area contributed by atoms with Gasteiger partial charge in [-0.15, -0.1) is 11.3 Å². The number of hydrogen-bond acceptors (Lipinski definition) is 4. The van der Waals surface area contributed by atoms with Crippen molar-refractivity contribution < 1.29 is 13.2 Å². The highest BCUT2D eigenvalue weighted by molar-refractivity contribution is 7.94. The van der Waals surface area contributed by atoms with Crippen LogP contribution in [0.5, 0.6) is 0 Å². The molecule has 0 bridgehead atoms. The first-order valence-corrected chi connectivity index (χ1v) is 11.3. The van der Waals surface area contributed by atoms with Crippen LogP contribution in [0.25, 0.3) is 0 Å². The van der Waals surface area contributed by atoms with E-state index >= 15 is 0 Å². The largest absolute Gasteiger partial charge is 0.342 e. The van der Waals surface area contributed by atoms with E-state index in [1.165, 1.54) is 24.2 Å². The number of carbonyl (C=O) groups is 1. The number of anilines is 1. The zero-order chi connectivity index (χ0) is 18.6. The van der Waals surface area contributed by atoms with Gasteiger partial charge in [0.2, 0.25) is 5.91 Å². The summed E-state index contributed by atoms with van der Waals surface area (Å²) >= 11 is 1.18. The van der Waals surface area contributed by atoms with Crippen molar-refractivity contribution in [2.45, 2.75) is 36.8 Å². The minimum absolute atomic E-state index is 0.144. The molecule has 0 saturated heterocycles. The highest BCUT2D eigenvalue weighted by Crippen LogP contribution is 2.30. The molecule has 0 radical (unpaired) electrons. The highest BCUT2D eigenvalue weighted by Gasteiger charge is 2.26. The van der Waals surface area contributed by atoms with Gasteiger partial charge in [0.25, 0.3) is 10.0 Å². The van der Waals surface area contributed by atoms with Crippen molar-refractivity contribution in [1.29, 1.82) is 0 Å². The summed E-state index contributed by atoms with van der Waals surface area (Å²) in [6, 6.07) is 10.3. The smallest absolute Gasteiger partial charge is 0.271 e. The number of rotatable bonds is 9. The lowest BCUT2D eigenvalue weighted by molar-refractivity contribution is -0.130. The molecule has 5 nitrogen and oxygen atoms in total. The molecule has 26 heavy (non-hydrogen) atoms. The van der Waals surface area contributed by atoms with E-state index in [1.807, 2.05) is 17.0 Å². The van der Waals surface area contributed by atoms with Crippen LogP contribution in [0.2, 0.25) is 0 Å². The Bertz CT molecular complexity index is 826. The van der Waals surface area contributed by atoms with E-state index in [2.05, 4.69) is 11.6 Å². The molecule has 1 aromatic carbocycles. The van der Waals surface area contributed by atoms with E-state index in [4.69, 9.17) is 0 Å². The Balaban J connectivity index is 1.61. The van der Waals surface area contributed by atoms with E-state index < -0.39 is 10.0 Å². The SMILES string of the molecule is CCCN(CC1CC1)C(=O)Cc1ccc(NS(=O)(=O)c2cccs2)cc1. The summed E-state index contributed by atoms with van der Waals surface area (Å²) in [5.74, 6) is 0.824. The third kappa shape index (κ3) is 5.08. The third-order valence-corrected chi connectivity index (χ3v) is 7.12. The second-order valence-corrected chi connectivity index (χ2v) is 9.55. The lowest BCUT2D eigenvalue weighted by Crippen LogP contribution is -2.34. The highest BCUT2D eigenvalue weighted by atomic mass is 32.2. The molecule has 140 valence electrons. The number of nitrogens with one attached hydrogen (secondary N) is 1. The Kier molecular flexibility index (Phi) is 5.98.